The van der Waals surface area contributed by atoms with Gasteiger partial charge in [-0.3, -0.25) is 9.97 Å². The van der Waals surface area contributed by atoms with Crippen molar-refractivity contribution in [1.29, 1.82) is 0 Å². The summed E-state index contributed by atoms with van der Waals surface area (Å²) in [7, 11) is 0. The van der Waals surface area contributed by atoms with Crippen molar-refractivity contribution in [3.63, 3.8) is 0 Å². The Hall–Kier alpha value is -0.570. The van der Waals surface area contributed by atoms with Gasteiger partial charge in [0.25, 0.3) is 0 Å². The highest BCUT2D eigenvalue weighted by molar-refractivity contribution is 7.99. The predicted molar refractivity (Wildman–Crippen MR) is 62.5 cm³/mol. The van der Waals surface area contributed by atoms with E-state index in [1.165, 1.54) is 5.75 Å². The zero-order chi connectivity index (χ0) is 10.4. The van der Waals surface area contributed by atoms with E-state index in [-0.39, 0.29) is 0 Å². The highest BCUT2D eigenvalue weighted by atomic mass is 32.2. The fraction of sp³-hybridized carbons (Fsp3) is 0.636. The molecule has 78 valence electrons. The second-order valence-corrected chi connectivity index (χ2v) is 5.67. The maximum Gasteiger partial charge on any atom is 0.0594 e. The van der Waals surface area contributed by atoms with Crippen LogP contribution in [0.25, 0.3) is 0 Å². The maximum absolute atomic E-state index is 4.24. The Morgan fingerprint density at radius 1 is 1.29 bits per heavy atom. The van der Waals surface area contributed by atoms with Crippen molar-refractivity contribution in [1.82, 2.24) is 9.97 Å². The summed E-state index contributed by atoms with van der Waals surface area (Å²) in [6, 6.07) is 0. The van der Waals surface area contributed by atoms with Gasteiger partial charge < -0.3 is 0 Å². The van der Waals surface area contributed by atoms with E-state index in [1.54, 1.807) is 12.4 Å². The quantitative estimate of drug-likeness (QED) is 0.715. The summed E-state index contributed by atoms with van der Waals surface area (Å²) in [5.74, 6) is 2.34. The summed E-state index contributed by atoms with van der Waals surface area (Å²) in [5, 5.41) is 0. The molecule has 0 radical (unpaired) electrons. The molecule has 0 aliphatic carbocycles. The fourth-order valence-electron chi connectivity index (χ4n) is 1.01. The Morgan fingerprint density at radius 2 is 2.07 bits per heavy atom. The maximum atomic E-state index is 4.24. The van der Waals surface area contributed by atoms with Crippen LogP contribution in [0.2, 0.25) is 0 Å². The molecule has 14 heavy (non-hydrogen) atoms. The highest BCUT2D eigenvalue weighted by Crippen LogP contribution is 2.20. The van der Waals surface area contributed by atoms with Gasteiger partial charge >= 0.3 is 0 Å². The third-order valence-electron chi connectivity index (χ3n) is 1.65. The first kappa shape index (κ1) is 11.5. The zero-order valence-electron chi connectivity index (χ0n) is 9.16. The molecule has 0 N–H and O–H groups in total. The number of aromatic nitrogens is 2. The normalized spacial score (nSPS) is 11.6. The number of nitrogens with zero attached hydrogens (tertiary/aromatic N) is 2. The number of hydrogen-bond acceptors (Lipinski definition) is 3. The van der Waals surface area contributed by atoms with E-state index in [1.807, 2.05) is 18.0 Å². The molecule has 1 heterocycles. The molecule has 0 aromatic carbocycles. The molecular formula is C11H18N2S. The average molecular weight is 210 g/mol. The smallest absolute Gasteiger partial charge is 0.0594 e. The van der Waals surface area contributed by atoms with Crippen molar-refractivity contribution < 1.29 is 0 Å². The van der Waals surface area contributed by atoms with Crippen LogP contribution in [-0.2, 0) is 6.42 Å². The van der Waals surface area contributed by atoms with Gasteiger partial charge in [-0.15, -0.1) is 0 Å². The lowest BCUT2D eigenvalue weighted by Crippen LogP contribution is -2.09. The monoisotopic (exact) mass is 210 g/mol. The van der Waals surface area contributed by atoms with E-state index in [4.69, 9.17) is 0 Å². The number of rotatable bonds is 4. The van der Waals surface area contributed by atoms with Crippen LogP contribution in [-0.4, -0.2) is 21.5 Å². The molecule has 2 nitrogen and oxygen atoms in total. The van der Waals surface area contributed by atoms with Crippen LogP contribution < -0.4 is 0 Å². The van der Waals surface area contributed by atoms with Crippen LogP contribution in [0, 0.1) is 5.41 Å². The first-order chi connectivity index (χ1) is 6.58. The first-order valence-electron chi connectivity index (χ1n) is 4.90. The molecule has 0 aliphatic heterocycles. The lowest BCUT2D eigenvalue weighted by molar-refractivity contribution is 0.481. The Balaban J connectivity index is 2.17. The molecule has 1 aromatic heterocycles. The van der Waals surface area contributed by atoms with E-state index >= 15 is 0 Å². The van der Waals surface area contributed by atoms with Gasteiger partial charge in [0.2, 0.25) is 0 Å². The van der Waals surface area contributed by atoms with Gasteiger partial charge in [-0.25, -0.2) is 0 Å². The molecule has 0 unspecified atom stereocenters. The third-order valence-corrected chi connectivity index (χ3v) is 3.22. The van der Waals surface area contributed by atoms with Crippen LogP contribution in [0.1, 0.15) is 26.5 Å². The summed E-state index contributed by atoms with van der Waals surface area (Å²) >= 11 is 1.99. The average Bonchev–Trinajstić information content (AvgIpc) is 2.13. The number of thioether (sulfide) groups is 1. The Labute approximate surface area is 90.5 Å². The van der Waals surface area contributed by atoms with Gasteiger partial charge in [0.05, 0.1) is 5.69 Å². The topological polar surface area (TPSA) is 25.8 Å². The van der Waals surface area contributed by atoms with Crippen LogP contribution in [0.4, 0.5) is 0 Å². The molecule has 0 bridgehead atoms. The lowest BCUT2D eigenvalue weighted by atomic mass is 10.0. The fourth-order valence-corrected chi connectivity index (χ4v) is 2.12. The van der Waals surface area contributed by atoms with Crippen molar-refractivity contribution in [2.75, 3.05) is 11.5 Å². The van der Waals surface area contributed by atoms with E-state index in [2.05, 4.69) is 30.7 Å². The molecule has 1 rings (SSSR count). The molecule has 0 amide bonds. The summed E-state index contributed by atoms with van der Waals surface area (Å²) < 4.78 is 0. The second-order valence-electron chi connectivity index (χ2n) is 4.56. The van der Waals surface area contributed by atoms with Crippen molar-refractivity contribution in [3.05, 3.63) is 24.3 Å². The van der Waals surface area contributed by atoms with Crippen molar-refractivity contribution in [2.24, 2.45) is 5.41 Å². The first-order valence-corrected chi connectivity index (χ1v) is 6.06. The Morgan fingerprint density at radius 3 is 2.64 bits per heavy atom. The standard InChI is InChI=1S/C11H18N2S/c1-11(2,3)9-14-7-4-10-8-12-5-6-13-10/h5-6,8H,4,7,9H2,1-3H3. The van der Waals surface area contributed by atoms with Gasteiger partial charge in [-0.2, -0.15) is 11.8 Å². The van der Waals surface area contributed by atoms with Crippen LogP contribution >= 0.6 is 11.8 Å². The summed E-state index contributed by atoms with van der Waals surface area (Å²) in [5.41, 5.74) is 1.52. The van der Waals surface area contributed by atoms with Crippen LogP contribution in [0.15, 0.2) is 18.6 Å². The molecule has 0 atom stereocenters. The van der Waals surface area contributed by atoms with E-state index < -0.39 is 0 Å². The summed E-state index contributed by atoms with van der Waals surface area (Å²) in [6.45, 7) is 6.80. The predicted octanol–water partition coefficient (Wildman–Crippen LogP) is 2.80. The van der Waals surface area contributed by atoms with E-state index in [9.17, 15) is 0 Å². The van der Waals surface area contributed by atoms with Gasteiger partial charge in [0, 0.05) is 25.0 Å². The van der Waals surface area contributed by atoms with Crippen molar-refractivity contribution in [2.45, 2.75) is 27.2 Å². The van der Waals surface area contributed by atoms with Crippen LogP contribution in [0.5, 0.6) is 0 Å². The van der Waals surface area contributed by atoms with Gasteiger partial charge in [0.1, 0.15) is 0 Å². The second kappa shape index (κ2) is 5.35. The van der Waals surface area contributed by atoms with Crippen LogP contribution in [0.3, 0.4) is 0 Å². The minimum absolute atomic E-state index is 0.424. The molecule has 1 aromatic rings. The minimum atomic E-state index is 0.424. The Bertz CT molecular complexity index is 254. The van der Waals surface area contributed by atoms with Gasteiger partial charge in [-0.1, -0.05) is 20.8 Å². The van der Waals surface area contributed by atoms with E-state index in [0.717, 1.165) is 17.9 Å². The summed E-state index contributed by atoms with van der Waals surface area (Å²) in [4.78, 5) is 8.28. The third kappa shape index (κ3) is 5.22. The lowest BCUT2D eigenvalue weighted by Gasteiger charge is -2.16. The number of aryl methyl sites for hydroxylation is 1. The SMILES string of the molecule is CC(C)(C)CSCCc1cnccn1. The minimum Gasteiger partial charge on any atom is -0.261 e. The number of hydrogen-bond donors (Lipinski definition) is 0. The molecule has 3 heteroatoms. The molecule has 0 fully saturated rings. The molecule has 0 saturated heterocycles. The summed E-state index contributed by atoms with van der Waals surface area (Å²) in [6.07, 6.45) is 6.34. The zero-order valence-corrected chi connectivity index (χ0v) is 9.97. The largest absolute Gasteiger partial charge is 0.261 e. The molecule has 0 spiro atoms. The van der Waals surface area contributed by atoms with Crippen molar-refractivity contribution in [3.8, 4) is 0 Å². The van der Waals surface area contributed by atoms with Gasteiger partial charge in [-0.05, 0) is 16.9 Å². The van der Waals surface area contributed by atoms with E-state index in [0.29, 0.717) is 5.41 Å². The van der Waals surface area contributed by atoms with Gasteiger partial charge in [0.15, 0.2) is 0 Å². The molecule has 0 aliphatic rings. The Kier molecular flexibility index (Phi) is 4.39. The molecular weight excluding hydrogens is 192 g/mol. The highest BCUT2D eigenvalue weighted by Gasteiger charge is 2.09. The molecule has 0 saturated carbocycles. The van der Waals surface area contributed by atoms with Crippen molar-refractivity contribution >= 4 is 11.8 Å².